The average molecular weight is 209 g/mol. The van der Waals surface area contributed by atoms with Crippen LogP contribution in [0.3, 0.4) is 0 Å². The molecule has 0 bridgehead atoms. The zero-order valence-corrected chi connectivity index (χ0v) is 8.22. The van der Waals surface area contributed by atoms with Gasteiger partial charge in [-0.15, -0.1) is 0 Å². The number of hydrogen-bond donors (Lipinski definition) is 0. The second-order valence-corrected chi connectivity index (χ2v) is 4.63. The summed E-state index contributed by atoms with van der Waals surface area (Å²) in [5.41, 5.74) is 1.45. The van der Waals surface area contributed by atoms with Gasteiger partial charge in [0.15, 0.2) is 0 Å². The quantitative estimate of drug-likeness (QED) is 0.633. The summed E-state index contributed by atoms with van der Waals surface area (Å²) in [5, 5.41) is 1.45. The molecule has 0 saturated heterocycles. The van der Waals surface area contributed by atoms with Crippen molar-refractivity contribution in [3.05, 3.63) is 34.8 Å². The molecule has 0 aliphatic heterocycles. The van der Waals surface area contributed by atoms with Crippen LogP contribution in [0.1, 0.15) is 12.5 Å². The summed E-state index contributed by atoms with van der Waals surface area (Å²) in [5.74, 6) is 0. The van der Waals surface area contributed by atoms with E-state index in [1.54, 1.807) is 0 Å². The molecule has 0 nitrogen and oxygen atoms in total. The third-order valence-electron chi connectivity index (χ3n) is 1.93. The van der Waals surface area contributed by atoms with Crippen LogP contribution in [0.15, 0.2) is 29.2 Å². The van der Waals surface area contributed by atoms with Gasteiger partial charge in [-0.1, -0.05) is 0 Å². The molecule has 1 aromatic heterocycles. The standard InChI is InChI=1S/C10H10Se/c1-2-8-3-4-10-9(7-8)5-6-11-10/h3-7H,2H2,1H3. The molecule has 0 unspecified atom stereocenters. The van der Waals surface area contributed by atoms with Crippen molar-refractivity contribution < 1.29 is 0 Å². The molecule has 0 atom stereocenters. The van der Waals surface area contributed by atoms with Crippen LogP contribution < -0.4 is 0 Å². The normalized spacial score (nSPS) is 10.6. The predicted octanol–water partition coefficient (Wildman–Crippen LogP) is 2.46. The molecule has 0 saturated carbocycles. The molecule has 2 rings (SSSR count). The fourth-order valence-corrected chi connectivity index (χ4v) is 2.85. The van der Waals surface area contributed by atoms with Crippen LogP contribution in [0.25, 0.3) is 9.65 Å². The molecule has 0 fully saturated rings. The van der Waals surface area contributed by atoms with E-state index in [1.165, 1.54) is 15.2 Å². The molecule has 2 aromatic rings. The van der Waals surface area contributed by atoms with Crippen molar-refractivity contribution in [2.75, 3.05) is 0 Å². The van der Waals surface area contributed by atoms with Crippen LogP contribution in [0.4, 0.5) is 0 Å². The van der Waals surface area contributed by atoms with Crippen LogP contribution in [-0.4, -0.2) is 14.5 Å². The molecular weight excluding hydrogens is 199 g/mol. The van der Waals surface area contributed by atoms with Gasteiger partial charge >= 0.3 is 72.3 Å². The third-order valence-corrected chi connectivity index (χ3v) is 3.81. The first-order chi connectivity index (χ1) is 5.40. The molecule has 0 amide bonds. The second kappa shape index (κ2) is 2.84. The van der Waals surface area contributed by atoms with Gasteiger partial charge in [0.2, 0.25) is 0 Å². The van der Waals surface area contributed by atoms with Crippen LogP contribution >= 0.6 is 0 Å². The van der Waals surface area contributed by atoms with Gasteiger partial charge in [-0.25, -0.2) is 0 Å². The maximum atomic E-state index is 2.31. The van der Waals surface area contributed by atoms with E-state index in [1.807, 2.05) is 0 Å². The Morgan fingerprint density at radius 2 is 2.18 bits per heavy atom. The van der Waals surface area contributed by atoms with E-state index in [0.717, 1.165) is 6.42 Å². The van der Waals surface area contributed by atoms with Gasteiger partial charge < -0.3 is 0 Å². The minimum absolute atomic E-state index is 0.613. The Balaban J connectivity index is 2.67. The summed E-state index contributed by atoms with van der Waals surface area (Å²) >= 11 is 0.613. The summed E-state index contributed by atoms with van der Waals surface area (Å²) in [6.07, 6.45) is 1.15. The van der Waals surface area contributed by atoms with Gasteiger partial charge in [0.25, 0.3) is 0 Å². The van der Waals surface area contributed by atoms with Crippen molar-refractivity contribution >= 4 is 24.1 Å². The van der Waals surface area contributed by atoms with E-state index in [-0.39, 0.29) is 0 Å². The molecule has 1 heteroatoms. The second-order valence-electron chi connectivity index (χ2n) is 2.65. The van der Waals surface area contributed by atoms with Crippen molar-refractivity contribution in [2.45, 2.75) is 13.3 Å². The van der Waals surface area contributed by atoms with Crippen molar-refractivity contribution in [3.63, 3.8) is 0 Å². The summed E-state index contributed by atoms with van der Waals surface area (Å²) in [6, 6.07) is 9.07. The molecule has 56 valence electrons. The SMILES string of the molecule is CCc1ccc2[se]ccc2c1. The van der Waals surface area contributed by atoms with Gasteiger partial charge in [0.05, 0.1) is 0 Å². The number of hydrogen-bond acceptors (Lipinski definition) is 0. The van der Waals surface area contributed by atoms with Gasteiger partial charge in [-0.05, 0) is 0 Å². The summed E-state index contributed by atoms with van der Waals surface area (Å²) < 4.78 is 1.54. The van der Waals surface area contributed by atoms with Crippen molar-refractivity contribution in [1.82, 2.24) is 0 Å². The number of rotatable bonds is 1. The summed E-state index contributed by atoms with van der Waals surface area (Å²) in [4.78, 5) is 2.29. The third kappa shape index (κ3) is 1.26. The number of benzene rings is 1. The first-order valence-electron chi connectivity index (χ1n) is 3.86. The van der Waals surface area contributed by atoms with E-state index >= 15 is 0 Å². The summed E-state index contributed by atoms with van der Waals surface area (Å²) in [7, 11) is 0. The molecule has 0 aliphatic rings. The zero-order valence-electron chi connectivity index (χ0n) is 6.50. The van der Waals surface area contributed by atoms with Crippen LogP contribution in [0.5, 0.6) is 0 Å². The Morgan fingerprint density at radius 1 is 1.27 bits per heavy atom. The molecule has 0 radical (unpaired) electrons. The van der Waals surface area contributed by atoms with Crippen LogP contribution in [0, 0.1) is 0 Å². The Hall–Kier alpha value is -0.521. The monoisotopic (exact) mass is 210 g/mol. The first-order valence-corrected chi connectivity index (χ1v) is 5.71. The van der Waals surface area contributed by atoms with E-state index in [0.29, 0.717) is 14.5 Å². The Kier molecular flexibility index (Phi) is 1.85. The Labute approximate surface area is 72.6 Å². The molecule has 1 aromatic carbocycles. The molecule has 11 heavy (non-hydrogen) atoms. The van der Waals surface area contributed by atoms with Gasteiger partial charge in [0.1, 0.15) is 0 Å². The molecule has 0 spiro atoms. The molecule has 0 N–H and O–H groups in total. The zero-order chi connectivity index (χ0) is 7.68. The van der Waals surface area contributed by atoms with Crippen LogP contribution in [0.2, 0.25) is 0 Å². The van der Waals surface area contributed by atoms with Crippen molar-refractivity contribution in [2.24, 2.45) is 0 Å². The average Bonchev–Trinajstić information content (AvgIpc) is 2.50. The van der Waals surface area contributed by atoms with E-state index < -0.39 is 0 Å². The molecule has 0 aliphatic carbocycles. The van der Waals surface area contributed by atoms with E-state index in [4.69, 9.17) is 0 Å². The van der Waals surface area contributed by atoms with E-state index in [2.05, 4.69) is 36.1 Å². The van der Waals surface area contributed by atoms with Crippen molar-refractivity contribution in [3.8, 4) is 0 Å². The fraction of sp³-hybridized carbons (Fsp3) is 0.200. The van der Waals surface area contributed by atoms with Crippen molar-refractivity contribution in [1.29, 1.82) is 0 Å². The van der Waals surface area contributed by atoms with E-state index in [9.17, 15) is 0 Å². The Morgan fingerprint density at radius 3 is 3.00 bits per heavy atom. The predicted molar refractivity (Wildman–Crippen MR) is 50.3 cm³/mol. The van der Waals surface area contributed by atoms with Gasteiger partial charge in [-0.2, -0.15) is 0 Å². The topological polar surface area (TPSA) is 0 Å². The molecular formula is C10H10Se. The number of aryl methyl sites for hydroxylation is 1. The minimum atomic E-state index is 0.613. The first kappa shape index (κ1) is 7.15. The van der Waals surface area contributed by atoms with Gasteiger partial charge in [0, 0.05) is 0 Å². The maximum absolute atomic E-state index is 2.31. The van der Waals surface area contributed by atoms with Gasteiger partial charge in [-0.3, -0.25) is 0 Å². The fourth-order valence-electron chi connectivity index (χ4n) is 1.24. The van der Waals surface area contributed by atoms with Crippen LogP contribution in [-0.2, 0) is 6.42 Å². The molecule has 1 heterocycles. The Bertz CT molecular complexity index is 360. The summed E-state index contributed by atoms with van der Waals surface area (Å²) in [6.45, 7) is 2.20. The number of fused-ring (bicyclic) bond motifs is 1.